The summed E-state index contributed by atoms with van der Waals surface area (Å²) in [6, 6.07) is 15.6. The molecule has 5 heteroatoms. The van der Waals surface area contributed by atoms with E-state index in [1.807, 2.05) is 67.6 Å². The molecule has 0 N–H and O–H groups in total. The van der Waals surface area contributed by atoms with Crippen LogP contribution in [0.15, 0.2) is 94.7 Å². The summed E-state index contributed by atoms with van der Waals surface area (Å²) in [5.41, 5.74) is 3.36. The van der Waals surface area contributed by atoms with E-state index in [0.29, 0.717) is 5.76 Å². The van der Waals surface area contributed by atoms with Crippen LogP contribution in [0.25, 0.3) is 0 Å². The molecule has 3 rings (SSSR count). The van der Waals surface area contributed by atoms with Gasteiger partial charge in [-0.1, -0.05) is 0 Å². The molecule has 0 aliphatic carbocycles. The van der Waals surface area contributed by atoms with Crippen LogP contribution in [0.4, 0.5) is 11.4 Å². The van der Waals surface area contributed by atoms with Gasteiger partial charge in [-0.05, 0) is 0 Å². The predicted molar refractivity (Wildman–Crippen MR) is 108 cm³/mol. The van der Waals surface area contributed by atoms with Gasteiger partial charge in [0, 0.05) is 0 Å². The van der Waals surface area contributed by atoms with Crippen molar-refractivity contribution in [2.75, 3.05) is 0 Å². The fourth-order valence-corrected chi connectivity index (χ4v) is 3.81. The molecule has 4 nitrogen and oxygen atoms in total. The van der Waals surface area contributed by atoms with Gasteiger partial charge in [-0.25, -0.2) is 0 Å². The Hall–Kier alpha value is -2.76. The van der Waals surface area contributed by atoms with Crippen LogP contribution < -0.4 is 3.53 Å². The van der Waals surface area contributed by atoms with Gasteiger partial charge in [0.25, 0.3) is 0 Å². The molecule has 0 fully saturated rings. The number of fused-ring (bicyclic) bond motifs is 2. The Labute approximate surface area is 161 Å². The topological polar surface area (TPSA) is 43.2 Å². The molecule has 0 bridgehead atoms. The number of hydrogen-bond donors (Lipinski definition) is 0. The third-order valence-electron chi connectivity index (χ3n) is 3.70. The van der Waals surface area contributed by atoms with Crippen LogP contribution in [0, 0.1) is 0 Å². The van der Waals surface area contributed by atoms with Crippen LogP contribution in [0.1, 0.15) is 12.5 Å². The molecule has 1 heterocycles. The molecule has 1 aliphatic heterocycles. The van der Waals surface area contributed by atoms with Gasteiger partial charge in [-0.3, -0.25) is 0 Å². The summed E-state index contributed by atoms with van der Waals surface area (Å²) in [4.78, 5) is 9.21. The van der Waals surface area contributed by atoms with Gasteiger partial charge in [-0.15, -0.1) is 0 Å². The maximum atomic E-state index is 5.96. The predicted octanol–water partition coefficient (Wildman–Crippen LogP) is 5.10. The van der Waals surface area contributed by atoms with E-state index < -0.39 is 18.1 Å². The molecule has 0 saturated carbocycles. The zero-order valence-electron chi connectivity index (χ0n) is 14.5. The summed E-state index contributed by atoms with van der Waals surface area (Å²) in [7, 11) is 0. The first-order chi connectivity index (χ1) is 12.8. The van der Waals surface area contributed by atoms with E-state index in [9.17, 15) is 0 Å². The summed E-state index contributed by atoms with van der Waals surface area (Å²) in [5, 5.41) is 0. The molecular formula is C21H18GaN2O2. The van der Waals surface area contributed by atoms with Gasteiger partial charge < -0.3 is 0 Å². The quantitative estimate of drug-likeness (QED) is 0.626. The first kappa shape index (κ1) is 18.0. The molecule has 2 aromatic carbocycles. The van der Waals surface area contributed by atoms with Crippen LogP contribution in [-0.2, 0) is 3.53 Å². The van der Waals surface area contributed by atoms with Crippen LogP contribution in [0.5, 0.6) is 5.75 Å². The van der Waals surface area contributed by atoms with E-state index >= 15 is 0 Å². The van der Waals surface area contributed by atoms with Crippen LogP contribution in [0.2, 0.25) is 0 Å². The number of hydrogen-bond acceptors (Lipinski definition) is 4. The average Bonchev–Trinajstić information content (AvgIpc) is 2.69. The number of allylic oxidation sites excluding steroid dienone is 4. The fraction of sp³-hybridized carbons (Fsp3) is 0.0476. The molecule has 0 atom stereocenters. The SMILES string of the molecule is C=C/C=C1/[O][Ga][O]c2ccccc2C=Nc2ccccc2N=C/C1=C/C. The summed E-state index contributed by atoms with van der Waals surface area (Å²) in [5.74, 6) is 1.48. The number of rotatable bonds is 1. The molecule has 0 unspecified atom stereocenters. The molecule has 0 saturated heterocycles. The molecule has 2 aromatic rings. The second kappa shape index (κ2) is 9.08. The van der Waals surface area contributed by atoms with E-state index in [2.05, 4.69) is 16.6 Å². The van der Waals surface area contributed by atoms with E-state index in [-0.39, 0.29) is 0 Å². The van der Waals surface area contributed by atoms with Crippen LogP contribution in [-0.4, -0.2) is 30.6 Å². The van der Waals surface area contributed by atoms with Crippen molar-refractivity contribution in [1.82, 2.24) is 0 Å². The summed E-state index contributed by atoms with van der Waals surface area (Å²) in [6.07, 6.45) is 9.07. The molecule has 127 valence electrons. The van der Waals surface area contributed by atoms with Crippen molar-refractivity contribution in [3.05, 3.63) is 90.2 Å². The fourth-order valence-electron chi connectivity index (χ4n) is 2.37. The molecular weight excluding hydrogens is 382 g/mol. The van der Waals surface area contributed by atoms with Crippen molar-refractivity contribution < 1.29 is 7.06 Å². The third kappa shape index (κ3) is 4.44. The third-order valence-corrected chi connectivity index (χ3v) is 5.17. The second-order valence-corrected chi connectivity index (χ2v) is 6.78. The normalized spacial score (nSPS) is 16.8. The van der Waals surface area contributed by atoms with E-state index in [1.54, 1.807) is 18.5 Å². The Morgan fingerprint density at radius 2 is 1.62 bits per heavy atom. The number of aliphatic imine (C=N–C) groups is 2. The Balaban J connectivity index is 2.09. The van der Waals surface area contributed by atoms with Crippen molar-refractivity contribution in [3.8, 4) is 5.75 Å². The Bertz CT molecular complexity index is 914. The Morgan fingerprint density at radius 1 is 0.923 bits per heavy atom. The minimum atomic E-state index is -1.46. The Morgan fingerprint density at radius 3 is 2.35 bits per heavy atom. The molecule has 1 radical (unpaired) electrons. The summed E-state index contributed by atoms with van der Waals surface area (Å²) in [6.45, 7) is 5.72. The molecule has 0 amide bonds. The van der Waals surface area contributed by atoms with Gasteiger partial charge >= 0.3 is 162 Å². The molecule has 1 aliphatic rings. The molecule has 0 aromatic heterocycles. The molecule has 0 spiro atoms. The van der Waals surface area contributed by atoms with Crippen molar-refractivity contribution in [2.24, 2.45) is 9.98 Å². The van der Waals surface area contributed by atoms with Gasteiger partial charge in [-0.2, -0.15) is 0 Å². The van der Waals surface area contributed by atoms with Crippen molar-refractivity contribution in [3.63, 3.8) is 0 Å². The van der Waals surface area contributed by atoms with Gasteiger partial charge in [0.15, 0.2) is 0 Å². The summed E-state index contributed by atoms with van der Waals surface area (Å²) < 4.78 is 11.9. The minimum absolute atomic E-state index is 0.710. The summed E-state index contributed by atoms with van der Waals surface area (Å²) >= 11 is -1.46. The monoisotopic (exact) mass is 399 g/mol. The first-order valence-corrected chi connectivity index (χ1v) is 10.2. The van der Waals surface area contributed by atoms with Crippen LogP contribution >= 0.6 is 0 Å². The standard InChI is InChI=1S/C21H20N2O2.Ga/c1-3-9-20(24)16(4-2)14-22-18-11-6-7-12-19(18)23-15-17-10-5-8-13-21(17)25;/h3-15,24-25H,1H2,2H3;/q;+2/p-2/b16-4-,20-9+,22-14?,23-15?;. The maximum absolute atomic E-state index is 5.96. The zero-order valence-corrected chi connectivity index (χ0v) is 16.9. The van der Waals surface area contributed by atoms with Gasteiger partial charge in [0.2, 0.25) is 0 Å². The average molecular weight is 400 g/mol. The number of nitrogens with zero attached hydrogens (tertiary/aromatic N) is 2. The van der Waals surface area contributed by atoms with E-state index in [1.165, 1.54) is 0 Å². The number of benzene rings is 2. The zero-order chi connectivity index (χ0) is 18.2. The van der Waals surface area contributed by atoms with E-state index in [0.717, 1.165) is 28.3 Å². The van der Waals surface area contributed by atoms with Gasteiger partial charge in [0.1, 0.15) is 0 Å². The van der Waals surface area contributed by atoms with Crippen molar-refractivity contribution >= 4 is 41.9 Å². The molecule has 26 heavy (non-hydrogen) atoms. The number of para-hydroxylation sites is 3. The van der Waals surface area contributed by atoms with Gasteiger partial charge in [0.05, 0.1) is 0 Å². The van der Waals surface area contributed by atoms with E-state index in [4.69, 9.17) is 7.06 Å². The first-order valence-electron chi connectivity index (χ1n) is 8.22. The van der Waals surface area contributed by atoms with Crippen molar-refractivity contribution in [1.29, 1.82) is 0 Å². The Kier molecular flexibility index (Phi) is 6.30. The second-order valence-electron chi connectivity index (χ2n) is 5.39. The van der Waals surface area contributed by atoms with Crippen LogP contribution in [0.3, 0.4) is 0 Å². The van der Waals surface area contributed by atoms with Crippen molar-refractivity contribution in [2.45, 2.75) is 6.92 Å².